The molecule has 6 rings (SSSR count). The fourth-order valence-electron chi connectivity index (χ4n) is 6.84. The van der Waals surface area contributed by atoms with Gasteiger partial charge < -0.3 is 21.1 Å². The van der Waals surface area contributed by atoms with Crippen LogP contribution in [0.1, 0.15) is 78.3 Å². The summed E-state index contributed by atoms with van der Waals surface area (Å²) in [7, 11) is 0. The lowest BCUT2D eigenvalue weighted by Gasteiger charge is -2.46. The quantitative estimate of drug-likeness (QED) is 0.293. The second-order valence-corrected chi connectivity index (χ2v) is 12.1. The highest BCUT2D eigenvalue weighted by Gasteiger charge is 2.39. The molecule has 1 aliphatic heterocycles. The molecule has 1 aromatic carbocycles. The molecule has 2 aromatic heterocycles. The number of fused-ring (bicyclic) bond motifs is 1. The van der Waals surface area contributed by atoms with Crippen LogP contribution in [-0.2, 0) is 30.4 Å². The summed E-state index contributed by atoms with van der Waals surface area (Å²) in [5, 5.41) is 20.2. The molecule has 0 bridgehead atoms. The molecular weight excluding hydrogens is 514 g/mol. The van der Waals surface area contributed by atoms with Crippen LogP contribution in [-0.4, -0.2) is 50.5 Å². The third-order valence-corrected chi connectivity index (χ3v) is 8.81. The number of hydrogen-bond donors (Lipinski definition) is 4. The van der Waals surface area contributed by atoms with Gasteiger partial charge in [-0.05, 0) is 86.0 Å². The Kier molecular flexibility index (Phi) is 7.03. The number of rotatable bonds is 8. The van der Waals surface area contributed by atoms with E-state index in [-0.39, 0.29) is 11.3 Å². The molecule has 0 saturated carbocycles. The summed E-state index contributed by atoms with van der Waals surface area (Å²) < 4.78 is 0. The van der Waals surface area contributed by atoms with E-state index in [2.05, 4.69) is 63.4 Å². The third kappa shape index (κ3) is 5.20. The molecule has 3 aromatic rings. The molecule has 0 unspecified atom stereocenters. The zero-order valence-corrected chi connectivity index (χ0v) is 24.2. The first-order valence-corrected chi connectivity index (χ1v) is 14.6. The summed E-state index contributed by atoms with van der Waals surface area (Å²) in [5.41, 5.74) is 6.44. The van der Waals surface area contributed by atoms with E-state index >= 15 is 0 Å². The van der Waals surface area contributed by atoms with Crippen LogP contribution in [0.15, 0.2) is 43.1 Å². The summed E-state index contributed by atoms with van der Waals surface area (Å²) in [6.07, 6.45) is 8.04. The Morgan fingerprint density at radius 1 is 1.12 bits per heavy atom. The van der Waals surface area contributed by atoms with E-state index in [1.807, 2.05) is 12.1 Å². The first kappa shape index (κ1) is 27.4. The molecule has 4 N–H and O–H groups in total. The maximum absolute atomic E-state index is 13.0. The monoisotopic (exact) mass is 553 g/mol. The number of hydrogen-bond acceptors (Lipinski definition) is 8. The van der Waals surface area contributed by atoms with Crippen LogP contribution in [0, 0.1) is 0 Å². The van der Waals surface area contributed by atoms with E-state index in [9.17, 15) is 9.90 Å². The fraction of sp³-hybridized carbons (Fsp3) is 0.438. The molecule has 9 heteroatoms. The minimum Gasteiger partial charge on any atom is -0.384 e. The number of anilines is 4. The molecule has 0 spiro atoms. The van der Waals surface area contributed by atoms with Crippen LogP contribution < -0.4 is 16.0 Å². The Balaban J connectivity index is 1.34. The van der Waals surface area contributed by atoms with E-state index in [0.29, 0.717) is 41.8 Å². The van der Waals surface area contributed by atoms with Gasteiger partial charge in [-0.1, -0.05) is 26.0 Å². The minimum absolute atomic E-state index is 0.192. The Morgan fingerprint density at radius 2 is 1.95 bits per heavy atom. The van der Waals surface area contributed by atoms with Crippen molar-refractivity contribution in [3.63, 3.8) is 0 Å². The van der Waals surface area contributed by atoms with Gasteiger partial charge in [-0.2, -0.15) is 4.98 Å². The average Bonchev–Trinajstić information content (AvgIpc) is 3.25. The molecule has 1 amide bonds. The molecular formula is C32H39N7O2. The molecule has 214 valence electrons. The highest BCUT2D eigenvalue weighted by atomic mass is 16.3. The molecule has 3 heterocycles. The van der Waals surface area contributed by atoms with Crippen molar-refractivity contribution in [3.8, 4) is 0 Å². The van der Waals surface area contributed by atoms with Crippen molar-refractivity contribution in [2.45, 2.75) is 70.4 Å². The number of carbonyl (C=O) groups excluding carboxylic acids is 1. The van der Waals surface area contributed by atoms with Gasteiger partial charge >= 0.3 is 0 Å². The lowest BCUT2D eigenvalue weighted by atomic mass is 9.67. The van der Waals surface area contributed by atoms with E-state index < -0.39 is 5.60 Å². The zero-order chi connectivity index (χ0) is 28.8. The number of pyridine rings is 1. The predicted octanol–water partition coefficient (Wildman–Crippen LogP) is 4.86. The number of likely N-dealkylation sites (N-methyl/N-ethyl adjacent to an activating group) is 1. The number of amides is 1. The number of aliphatic hydroxyl groups is 1. The molecule has 0 fully saturated rings. The maximum Gasteiger partial charge on any atom is 0.256 e. The van der Waals surface area contributed by atoms with Gasteiger partial charge in [0.05, 0.1) is 5.69 Å². The van der Waals surface area contributed by atoms with Gasteiger partial charge in [0, 0.05) is 36.9 Å². The van der Waals surface area contributed by atoms with Gasteiger partial charge in [-0.25, -0.2) is 9.97 Å². The predicted molar refractivity (Wildman–Crippen MR) is 161 cm³/mol. The van der Waals surface area contributed by atoms with Gasteiger partial charge in [0.25, 0.3) is 5.91 Å². The number of aromatic nitrogens is 3. The molecule has 0 radical (unpaired) electrons. The van der Waals surface area contributed by atoms with Crippen LogP contribution in [0.4, 0.5) is 23.3 Å². The van der Waals surface area contributed by atoms with E-state index in [1.54, 1.807) is 13.0 Å². The van der Waals surface area contributed by atoms with E-state index in [1.165, 1.54) is 35.7 Å². The van der Waals surface area contributed by atoms with Crippen molar-refractivity contribution in [1.82, 2.24) is 25.2 Å². The van der Waals surface area contributed by atoms with Crippen LogP contribution in [0.2, 0.25) is 0 Å². The smallest absolute Gasteiger partial charge is 0.256 e. The Bertz CT molecular complexity index is 1520. The SMILES string of the molecule is C=CCNC(=O)c1cnc(Nc2cc3c4c(c2)CN(CC)C[C@@]4(C)CCC3)nc1Nc1ccc2c(n1)[C@@](C)(O)CC2. The molecule has 2 aliphatic carbocycles. The fourth-order valence-corrected chi connectivity index (χ4v) is 6.84. The summed E-state index contributed by atoms with van der Waals surface area (Å²) in [4.78, 5) is 29.4. The Morgan fingerprint density at radius 3 is 2.76 bits per heavy atom. The molecule has 9 nitrogen and oxygen atoms in total. The first-order valence-electron chi connectivity index (χ1n) is 14.6. The lowest BCUT2D eigenvalue weighted by molar-refractivity contribution is 0.0555. The summed E-state index contributed by atoms with van der Waals surface area (Å²) in [6, 6.07) is 8.29. The Labute approximate surface area is 241 Å². The number of nitrogens with zero attached hydrogens (tertiary/aromatic N) is 4. The van der Waals surface area contributed by atoms with Crippen molar-refractivity contribution in [3.05, 3.63) is 76.6 Å². The zero-order valence-electron chi connectivity index (χ0n) is 24.2. The Hall–Kier alpha value is -3.82. The number of benzene rings is 1. The van der Waals surface area contributed by atoms with E-state index in [4.69, 9.17) is 4.98 Å². The normalized spacial score (nSPS) is 22.9. The average molecular weight is 554 g/mol. The molecule has 3 aliphatic rings. The molecule has 0 saturated heterocycles. The number of carbonyl (C=O) groups is 1. The van der Waals surface area contributed by atoms with Crippen LogP contribution in [0.3, 0.4) is 0 Å². The van der Waals surface area contributed by atoms with Crippen molar-refractivity contribution >= 4 is 29.2 Å². The summed E-state index contributed by atoms with van der Waals surface area (Å²) >= 11 is 0. The highest BCUT2D eigenvalue weighted by Crippen LogP contribution is 2.44. The largest absolute Gasteiger partial charge is 0.384 e. The summed E-state index contributed by atoms with van der Waals surface area (Å²) in [5.74, 6) is 0.905. The third-order valence-electron chi connectivity index (χ3n) is 8.81. The van der Waals surface area contributed by atoms with Crippen molar-refractivity contribution in [1.29, 1.82) is 0 Å². The molecule has 41 heavy (non-hydrogen) atoms. The van der Waals surface area contributed by atoms with Crippen molar-refractivity contribution in [2.75, 3.05) is 30.3 Å². The van der Waals surface area contributed by atoms with Crippen LogP contribution in [0.5, 0.6) is 0 Å². The van der Waals surface area contributed by atoms with Gasteiger partial charge in [-0.15, -0.1) is 6.58 Å². The van der Waals surface area contributed by atoms with Gasteiger partial charge in [0.1, 0.15) is 22.8 Å². The number of aryl methyl sites for hydroxylation is 2. The molecule has 2 atom stereocenters. The van der Waals surface area contributed by atoms with Crippen LogP contribution >= 0.6 is 0 Å². The number of nitrogens with one attached hydrogen (secondary N) is 3. The topological polar surface area (TPSA) is 115 Å². The van der Waals surface area contributed by atoms with Crippen molar-refractivity contribution in [2.24, 2.45) is 0 Å². The van der Waals surface area contributed by atoms with Gasteiger partial charge in [-0.3, -0.25) is 9.69 Å². The first-order chi connectivity index (χ1) is 19.7. The summed E-state index contributed by atoms with van der Waals surface area (Å²) in [6.45, 7) is 13.5. The van der Waals surface area contributed by atoms with E-state index in [0.717, 1.165) is 43.7 Å². The van der Waals surface area contributed by atoms with Crippen molar-refractivity contribution < 1.29 is 9.90 Å². The second-order valence-electron chi connectivity index (χ2n) is 12.1. The second kappa shape index (κ2) is 10.5. The van der Waals surface area contributed by atoms with Gasteiger partial charge in [0.2, 0.25) is 5.95 Å². The van der Waals surface area contributed by atoms with Crippen LogP contribution in [0.25, 0.3) is 0 Å². The van der Waals surface area contributed by atoms with Gasteiger partial charge in [0.15, 0.2) is 0 Å². The minimum atomic E-state index is -0.980. The standard InChI is InChI=1S/C32H39N7O2/c1-5-14-33-29(40)24-17-34-30(38-28(24)37-25-10-9-20-11-13-32(4,41)27(20)36-25)35-23-15-21-8-7-12-31(3)19-39(6-2)18-22(16-23)26(21)31/h5,9-10,15-17,41H,1,6-8,11-14,18-19H2,2-4H3,(H,33,40)(H2,34,35,36,37,38)/t31-,32+/m1/s1. The lowest BCUT2D eigenvalue weighted by Crippen LogP contribution is -2.45. The highest BCUT2D eigenvalue weighted by molar-refractivity contribution is 5.99. The maximum atomic E-state index is 13.0.